The van der Waals surface area contributed by atoms with Gasteiger partial charge in [0.1, 0.15) is 0 Å². The van der Waals surface area contributed by atoms with Gasteiger partial charge >= 0.3 is 5.97 Å². The molecule has 1 aliphatic rings. The first-order chi connectivity index (χ1) is 7.09. The van der Waals surface area contributed by atoms with Crippen molar-refractivity contribution in [1.29, 1.82) is 0 Å². The number of carbonyl (C=O) groups excluding carboxylic acids is 1. The van der Waals surface area contributed by atoms with E-state index in [1.165, 1.54) is 0 Å². The summed E-state index contributed by atoms with van der Waals surface area (Å²) in [5.74, 6) is -0.498. The number of alkyl halides is 1. The van der Waals surface area contributed by atoms with E-state index in [-0.39, 0.29) is 12.1 Å². The molecule has 88 valence electrons. The van der Waals surface area contributed by atoms with Gasteiger partial charge in [-0.15, -0.1) is 11.6 Å². The highest BCUT2D eigenvalue weighted by Crippen LogP contribution is 2.28. The predicted octanol–water partition coefficient (Wildman–Crippen LogP) is 1.70. The van der Waals surface area contributed by atoms with Crippen molar-refractivity contribution in [2.24, 2.45) is 0 Å². The van der Waals surface area contributed by atoms with Gasteiger partial charge < -0.3 is 14.2 Å². The lowest BCUT2D eigenvalue weighted by atomic mass is 10.2. The van der Waals surface area contributed by atoms with Crippen molar-refractivity contribution in [3.63, 3.8) is 0 Å². The molecule has 2 atom stereocenters. The molecule has 5 heteroatoms. The maximum absolute atomic E-state index is 11.1. The summed E-state index contributed by atoms with van der Waals surface area (Å²) < 4.78 is 15.8. The Kier molecular flexibility index (Phi) is 4.83. The van der Waals surface area contributed by atoms with Crippen molar-refractivity contribution in [3.8, 4) is 0 Å². The molecule has 0 aliphatic carbocycles. The van der Waals surface area contributed by atoms with Crippen molar-refractivity contribution >= 4 is 17.6 Å². The van der Waals surface area contributed by atoms with E-state index < -0.39 is 5.79 Å². The fourth-order valence-corrected chi connectivity index (χ4v) is 1.61. The van der Waals surface area contributed by atoms with Crippen LogP contribution in [0, 0.1) is 0 Å². The Bertz CT molecular complexity index is 221. The molecule has 1 aliphatic heterocycles. The first kappa shape index (κ1) is 12.7. The molecule has 4 nitrogen and oxygen atoms in total. The second-order valence-electron chi connectivity index (χ2n) is 3.64. The van der Waals surface area contributed by atoms with Gasteiger partial charge in [-0.25, -0.2) is 0 Å². The summed E-state index contributed by atoms with van der Waals surface area (Å²) in [4.78, 5) is 11.1. The van der Waals surface area contributed by atoms with Crippen LogP contribution in [-0.2, 0) is 19.0 Å². The number of hydrogen-bond acceptors (Lipinski definition) is 4. The standard InChI is InChI=1S/C10H17ClO4/c1-3-13-9(12)4-5-10(2)14-7-8(6-11)15-10/h8H,3-7H2,1-2H3/t8-,10-/m0/s1. The molecule has 0 amide bonds. The lowest BCUT2D eigenvalue weighted by Crippen LogP contribution is -2.28. The first-order valence-electron chi connectivity index (χ1n) is 5.13. The summed E-state index contributed by atoms with van der Waals surface area (Å²) in [5, 5.41) is 0. The van der Waals surface area contributed by atoms with Crippen LogP contribution in [0.15, 0.2) is 0 Å². The van der Waals surface area contributed by atoms with Crippen LogP contribution in [0.25, 0.3) is 0 Å². The number of hydrogen-bond donors (Lipinski definition) is 0. The van der Waals surface area contributed by atoms with E-state index in [4.69, 9.17) is 25.8 Å². The molecule has 0 N–H and O–H groups in total. The van der Waals surface area contributed by atoms with E-state index >= 15 is 0 Å². The Morgan fingerprint density at radius 1 is 1.67 bits per heavy atom. The minimum Gasteiger partial charge on any atom is -0.466 e. The highest BCUT2D eigenvalue weighted by molar-refractivity contribution is 6.18. The number of rotatable bonds is 5. The smallest absolute Gasteiger partial charge is 0.305 e. The van der Waals surface area contributed by atoms with Gasteiger partial charge in [-0.05, 0) is 13.8 Å². The Morgan fingerprint density at radius 2 is 2.40 bits per heavy atom. The quantitative estimate of drug-likeness (QED) is 0.538. The molecule has 1 saturated heterocycles. The van der Waals surface area contributed by atoms with Gasteiger partial charge in [0.2, 0.25) is 0 Å². The number of ether oxygens (including phenoxy) is 3. The molecular formula is C10H17ClO4. The average molecular weight is 237 g/mol. The fourth-order valence-electron chi connectivity index (χ4n) is 1.46. The van der Waals surface area contributed by atoms with Crippen molar-refractivity contribution in [1.82, 2.24) is 0 Å². The van der Waals surface area contributed by atoms with Crippen LogP contribution >= 0.6 is 11.6 Å². The van der Waals surface area contributed by atoms with E-state index in [0.717, 1.165) is 0 Å². The Morgan fingerprint density at radius 3 is 2.93 bits per heavy atom. The predicted molar refractivity (Wildman–Crippen MR) is 55.8 cm³/mol. The van der Waals surface area contributed by atoms with Gasteiger partial charge in [0, 0.05) is 6.42 Å². The molecule has 0 spiro atoms. The normalized spacial score (nSPS) is 30.5. The van der Waals surface area contributed by atoms with Gasteiger partial charge in [-0.2, -0.15) is 0 Å². The van der Waals surface area contributed by atoms with E-state index in [0.29, 0.717) is 31.9 Å². The third-order valence-corrected chi connectivity index (χ3v) is 2.60. The van der Waals surface area contributed by atoms with Gasteiger partial charge in [0.25, 0.3) is 0 Å². The minimum absolute atomic E-state index is 0.0705. The van der Waals surface area contributed by atoms with Crippen LogP contribution < -0.4 is 0 Å². The monoisotopic (exact) mass is 236 g/mol. The van der Waals surface area contributed by atoms with Gasteiger partial charge in [-0.3, -0.25) is 4.79 Å². The zero-order valence-electron chi connectivity index (χ0n) is 9.12. The van der Waals surface area contributed by atoms with Crippen LogP contribution in [0.5, 0.6) is 0 Å². The van der Waals surface area contributed by atoms with E-state index in [9.17, 15) is 4.79 Å². The zero-order valence-corrected chi connectivity index (χ0v) is 9.88. The fraction of sp³-hybridized carbons (Fsp3) is 0.900. The summed E-state index contributed by atoms with van der Waals surface area (Å²) in [6, 6.07) is 0. The first-order valence-corrected chi connectivity index (χ1v) is 5.66. The molecular weight excluding hydrogens is 220 g/mol. The molecule has 0 aromatic carbocycles. The third-order valence-electron chi connectivity index (χ3n) is 2.25. The molecule has 1 fully saturated rings. The van der Waals surface area contributed by atoms with Crippen molar-refractivity contribution < 1.29 is 19.0 Å². The Labute approximate surface area is 94.8 Å². The van der Waals surface area contributed by atoms with Crippen LogP contribution in [0.3, 0.4) is 0 Å². The van der Waals surface area contributed by atoms with Crippen molar-refractivity contribution in [2.75, 3.05) is 19.1 Å². The van der Waals surface area contributed by atoms with E-state index in [2.05, 4.69) is 0 Å². The molecule has 15 heavy (non-hydrogen) atoms. The molecule has 1 rings (SSSR count). The third kappa shape index (κ3) is 3.97. The number of carbonyl (C=O) groups is 1. The molecule has 1 heterocycles. The summed E-state index contributed by atoms with van der Waals surface area (Å²) in [6.07, 6.45) is 0.734. The van der Waals surface area contributed by atoms with E-state index in [1.54, 1.807) is 6.92 Å². The molecule has 0 aromatic heterocycles. The van der Waals surface area contributed by atoms with Crippen LogP contribution in [0.4, 0.5) is 0 Å². The maximum Gasteiger partial charge on any atom is 0.305 e. The zero-order chi connectivity index (χ0) is 11.3. The van der Waals surface area contributed by atoms with Crippen LogP contribution in [-0.4, -0.2) is 37.0 Å². The van der Waals surface area contributed by atoms with Gasteiger partial charge in [0.15, 0.2) is 5.79 Å². The highest BCUT2D eigenvalue weighted by atomic mass is 35.5. The SMILES string of the molecule is CCOC(=O)CC[C@@]1(C)OC[C@H](CCl)O1. The van der Waals surface area contributed by atoms with Crippen molar-refractivity contribution in [2.45, 2.75) is 38.6 Å². The summed E-state index contributed by atoms with van der Waals surface area (Å²) in [6.45, 7) is 4.49. The van der Waals surface area contributed by atoms with Crippen molar-refractivity contribution in [3.05, 3.63) is 0 Å². The highest BCUT2D eigenvalue weighted by Gasteiger charge is 2.36. The molecule has 0 bridgehead atoms. The Balaban J connectivity index is 2.29. The summed E-state index contributed by atoms with van der Waals surface area (Å²) >= 11 is 5.65. The van der Waals surface area contributed by atoms with Gasteiger partial charge in [0.05, 0.1) is 31.6 Å². The number of esters is 1. The molecule has 0 aromatic rings. The lowest BCUT2D eigenvalue weighted by Gasteiger charge is -2.22. The lowest BCUT2D eigenvalue weighted by molar-refractivity contribution is -0.166. The second kappa shape index (κ2) is 5.68. The van der Waals surface area contributed by atoms with Crippen LogP contribution in [0.1, 0.15) is 26.7 Å². The molecule has 0 radical (unpaired) electrons. The minimum atomic E-state index is -0.688. The van der Waals surface area contributed by atoms with E-state index in [1.807, 2.05) is 6.92 Å². The maximum atomic E-state index is 11.1. The Hall–Kier alpha value is -0.320. The van der Waals surface area contributed by atoms with Gasteiger partial charge in [-0.1, -0.05) is 0 Å². The molecule has 0 saturated carbocycles. The molecule has 0 unspecified atom stereocenters. The average Bonchev–Trinajstić information content (AvgIpc) is 2.59. The topological polar surface area (TPSA) is 44.8 Å². The summed E-state index contributed by atoms with van der Waals surface area (Å²) in [7, 11) is 0. The largest absolute Gasteiger partial charge is 0.466 e. The van der Waals surface area contributed by atoms with Crippen LogP contribution in [0.2, 0.25) is 0 Å². The summed E-state index contributed by atoms with van der Waals surface area (Å²) in [5.41, 5.74) is 0. The number of halogens is 1. The second-order valence-corrected chi connectivity index (χ2v) is 3.95.